The highest BCUT2D eigenvalue weighted by Crippen LogP contribution is 2.27. The Kier molecular flexibility index (Phi) is 5.03. The molecule has 1 aliphatic carbocycles. The summed E-state index contributed by atoms with van der Waals surface area (Å²) in [6, 6.07) is 15.5. The predicted octanol–water partition coefficient (Wildman–Crippen LogP) is 3.19. The molecule has 156 valence electrons. The minimum atomic E-state index is -0.536. The third kappa shape index (κ3) is 3.72. The first-order valence-corrected chi connectivity index (χ1v) is 10.5. The largest absolute Gasteiger partial charge is 0.366 e. The number of carbonyl (C=O) groups excluding carboxylic acids is 1. The van der Waals surface area contributed by atoms with Crippen LogP contribution in [-0.4, -0.2) is 30.9 Å². The van der Waals surface area contributed by atoms with Gasteiger partial charge >= 0.3 is 0 Å². The van der Waals surface area contributed by atoms with Gasteiger partial charge in [-0.15, -0.1) is 5.10 Å². The van der Waals surface area contributed by atoms with Crippen molar-refractivity contribution >= 4 is 22.8 Å². The highest BCUT2D eigenvalue weighted by Gasteiger charge is 2.20. The lowest BCUT2D eigenvalue weighted by atomic mass is 10.1. The number of fused-ring (bicyclic) bond motifs is 2. The van der Waals surface area contributed by atoms with Crippen LogP contribution in [0.4, 0.5) is 5.82 Å². The zero-order valence-electron chi connectivity index (χ0n) is 17.1. The van der Waals surface area contributed by atoms with E-state index in [0.29, 0.717) is 29.1 Å². The van der Waals surface area contributed by atoms with E-state index >= 15 is 0 Å². The van der Waals surface area contributed by atoms with Crippen molar-refractivity contribution < 1.29 is 4.79 Å². The molecule has 31 heavy (non-hydrogen) atoms. The summed E-state index contributed by atoms with van der Waals surface area (Å²) in [5.41, 5.74) is 10.3. The number of aryl methyl sites for hydroxylation is 1. The summed E-state index contributed by atoms with van der Waals surface area (Å²) in [5.74, 6) is 0.742. The summed E-state index contributed by atoms with van der Waals surface area (Å²) in [7, 11) is 0. The van der Waals surface area contributed by atoms with Crippen molar-refractivity contribution in [2.24, 2.45) is 5.73 Å². The number of aromatic nitrogens is 5. The molecule has 2 aromatic heterocycles. The van der Waals surface area contributed by atoms with Crippen LogP contribution < -0.4 is 11.1 Å². The minimum Gasteiger partial charge on any atom is -0.366 e. The van der Waals surface area contributed by atoms with Crippen LogP contribution in [0.5, 0.6) is 0 Å². The molecule has 3 N–H and O–H groups in total. The fraction of sp³-hybridized carbons (Fsp3) is 0.261. The Morgan fingerprint density at radius 3 is 2.68 bits per heavy atom. The van der Waals surface area contributed by atoms with E-state index in [-0.39, 0.29) is 0 Å². The van der Waals surface area contributed by atoms with Crippen molar-refractivity contribution in [2.75, 3.05) is 5.32 Å². The summed E-state index contributed by atoms with van der Waals surface area (Å²) in [5, 5.41) is 11.9. The number of hydrogen-bond acceptors (Lipinski definition) is 6. The number of benzene rings is 2. The molecule has 0 atom stereocenters. The fourth-order valence-electron chi connectivity index (χ4n) is 4.07. The van der Waals surface area contributed by atoms with Gasteiger partial charge in [0.2, 0.25) is 0 Å². The summed E-state index contributed by atoms with van der Waals surface area (Å²) in [4.78, 5) is 21.4. The lowest BCUT2D eigenvalue weighted by molar-refractivity contribution is 0.100. The Labute approximate surface area is 179 Å². The second-order valence-corrected chi connectivity index (χ2v) is 7.74. The number of carbonyl (C=O) groups is 1. The quantitative estimate of drug-likeness (QED) is 0.486. The fourth-order valence-corrected chi connectivity index (χ4v) is 4.07. The van der Waals surface area contributed by atoms with Crippen LogP contribution in [0.15, 0.2) is 48.5 Å². The van der Waals surface area contributed by atoms with Gasteiger partial charge in [0.1, 0.15) is 11.3 Å². The summed E-state index contributed by atoms with van der Waals surface area (Å²) in [6.07, 6.45) is 5.27. The van der Waals surface area contributed by atoms with E-state index in [1.807, 2.05) is 24.3 Å². The van der Waals surface area contributed by atoms with E-state index in [2.05, 4.69) is 27.8 Å². The standard InChI is InChI=1S/C23H23N7O/c24-21(31)17-11-7-13-19-20(17)28-29-30(19)23-26-18-12-6-2-5-10-16(18)22(27-23)25-14-15-8-3-1-4-9-15/h1,3-4,7-9,11,13H,2,5-6,10,12,14H2,(H2,24,31)(H,25,26,27). The Morgan fingerprint density at radius 1 is 1.00 bits per heavy atom. The SMILES string of the molecule is NC(=O)c1cccc2c1nnn2-c1nc2c(c(NCc3ccccc3)n1)CCCCC2. The zero-order valence-corrected chi connectivity index (χ0v) is 17.1. The lowest BCUT2D eigenvalue weighted by Crippen LogP contribution is -2.13. The number of nitrogens with two attached hydrogens (primary N) is 1. The molecular weight excluding hydrogens is 390 g/mol. The number of nitrogens with one attached hydrogen (secondary N) is 1. The van der Waals surface area contributed by atoms with Gasteiger partial charge in [0.25, 0.3) is 11.9 Å². The second kappa shape index (κ2) is 8.14. The number of rotatable bonds is 5. The predicted molar refractivity (Wildman–Crippen MR) is 118 cm³/mol. The van der Waals surface area contributed by atoms with Gasteiger partial charge in [-0.25, -0.2) is 4.98 Å². The highest BCUT2D eigenvalue weighted by molar-refractivity contribution is 6.04. The smallest absolute Gasteiger partial charge is 0.254 e. The summed E-state index contributed by atoms with van der Waals surface area (Å²) < 4.78 is 1.58. The Balaban J connectivity index is 1.59. The van der Waals surface area contributed by atoms with Crippen LogP contribution in [-0.2, 0) is 19.4 Å². The first-order valence-electron chi connectivity index (χ1n) is 10.5. The first-order chi connectivity index (χ1) is 15.2. The number of anilines is 1. The van der Waals surface area contributed by atoms with Gasteiger partial charge in [-0.2, -0.15) is 9.67 Å². The van der Waals surface area contributed by atoms with E-state index in [9.17, 15) is 4.79 Å². The molecule has 5 rings (SSSR count). The molecule has 0 spiro atoms. The molecule has 0 bridgehead atoms. The first kappa shape index (κ1) is 19.2. The monoisotopic (exact) mass is 413 g/mol. The van der Waals surface area contributed by atoms with Crippen LogP contribution in [0.25, 0.3) is 17.0 Å². The van der Waals surface area contributed by atoms with E-state index in [1.54, 1.807) is 16.8 Å². The molecule has 8 heteroatoms. The molecule has 0 fully saturated rings. The van der Waals surface area contributed by atoms with Crippen molar-refractivity contribution in [1.29, 1.82) is 0 Å². The molecule has 0 saturated heterocycles. The van der Waals surface area contributed by atoms with E-state index in [1.165, 1.54) is 17.5 Å². The number of amides is 1. The Morgan fingerprint density at radius 2 is 1.84 bits per heavy atom. The van der Waals surface area contributed by atoms with Crippen LogP contribution in [0.3, 0.4) is 0 Å². The minimum absolute atomic E-state index is 0.334. The third-order valence-corrected chi connectivity index (χ3v) is 5.66. The number of primary amides is 1. The molecule has 0 aliphatic heterocycles. The lowest BCUT2D eigenvalue weighted by Gasteiger charge is -2.15. The average molecular weight is 413 g/mol. The van der Waals surface area contributed by atoms with Crippen LogP contribution in [0, 0.1) is 0 Å². The van der Waals surface area contributed by atoms with Gasteiger partial charge in [0.05, 0.1) is 16.8 Å². The third-order valence-electron chi connectivity index (χ3n) is 5.66. The van der Waals surface area contributed by atoms with Crippen molar-refractivity contribution in [3.8, 4) is 5.95 Å². The molecule has 1 amide bonds. The van der Waals surface area contributed by atoms with Crippen molar-refractivity contribution in [3.63, 3.8) is 0 Å². The molecule has 2 aromatic carbocycles. The van der Waals surface area contributed by atoms with Gasteiger partial charge in [-0.3, -0.25) is 4.79 Å². The Bertz CT molecular complexity index is 1250. The summed E-state index contributed by atoms with van der Waals surface area (Å²) >= 11 is 0. The van der Waals surface area contributed by atoms with Crippen LogP contribution in [0.2, 0.25) is 0 Å². The van der Waals surface area contributed by atoms with Crippen LogP contribution in [0.1, 0.15) is 46.4 Å². The maximum Gasteiger partial charge on any atom is 0.254 e. The topological polar surface area (TPSA) is 112 Å². The van der Waals surface area contributed by atoms with E-state index in [4.69, 9.17) is 15.7 Å². The Hall–Kier alpha value is -3.81. The van der Waals surface area contributed by atoms with Gasteiger partial charge in [-0.05, 0) is 43.4 Å². The van der Waals surface area contributed by atoms with Crippen LogP contribution >= 0.6 is 0 Å². The summed E-state index contributed by atoms with van der Waals surface area (Å²) in [6.45, 7) is 0.674. The molecule has 1 aliphatic rings. The van der Waals surface area contributed by atoms with E-state index < -0.39 is 5.91 Å². The molecule has 0 saturated carbocycles. The number of nitrogens with zero attached hydrogens (tertiary/aromatic N) is 5. The van der Waals surface area contributed by atoms with Gasteiger partial charge in [0, 0.05) is 12.1 Å². The van der Waals surface area contributed by atoms with Gasteiger partial charge in [-0.1, -0.05) is 48.0 Å². The average Bonchev–Trinajstić information content (AvgIpc) is 3.08. The zero-order chi connectivity index (χ0) is 21.2. The van der Waals surface area contributed by atoms with Crippen molar-refractivity contribution in [2.45, 2.75) is 38.6 Å². The van der Waals surface area contributed by atoms with Crippen molar-refractivity contribution in [1.82, 2.24) is 25.0 Å². The molecule has 8 nitrogen and oxygen atoms in total. The normalized spacial score (nSPS) is 13.5. The molecule has 0 radical (unpaired) electrons. The maximum absolute atomic E-state index is 11.8. The molecule has 4 aromatic rings. The van der Waals surface area contributed by atoms with Crippen molar-refractivity contribution in [3.05, 3.63) is 70.9 Å². The van der Waals surface area contributed by atoms with Gasteiger partial charge < -0.3 is 11.1 Å². The molecule has 2 heterocycles. The molecule has 0 unspecified atom stereocenters. The maximum atomic E-state index is 11.8. The van der Waals surface area contributed by atoms with E-state index in [0.717, 1.165) is 37.2 Å². The van der Waals surface area contributed by atoms with Gasteiger partial charge in [0.15, 0.2) is 0 Å². The molecular formula is C23H23N7O. The number of hydrogen-bond donors (Lipinski definition) is 2. The second-order valence-electron chi connectivity index (χ2n) is 7.74. The highest BCUT2D eigenvalue weighted by atomic mass is 16.1.